The SMILES string of the molecule is Fc1cnc(N2C[C@@H]3[C@H](C2)[C@H]2CC[C@@H]3O2)nc1N1CCOCC1. The van der Waals surface area contributed by atoms with E-state index in [9.17, 15) is 4.39 Å². The summed E-state index contributed by atoms with van der Waals surface area (Å²) in [4.78, 5) is 13.0. The van der Waals surface area contributed by atoms with Crippen molar-refractivity contribution < 1.29 is 13.9 Å². The van der Waals surface area contributed by atoms with Crippen molar-refractivity contribution in [3.8, 4) is 0 Å². The summed E-state index contributed by atoms with van der Waals surface area (Å²) in [6.07, 6.45) is 4.50. The zero-order valence-corrected chi connectivity index (χ0v) is 13.0. The third-order valence-electron chi connectivity index (χ3n) is 5.76. The minimum atomic E-state index is -0.349. The molecule has 0 amide bonds. The highest BCUT2D eigenvalue weighted by Crippen LogP contribution is 2.47. The number of morpholine rings is 1. The molecule has 4 saturated heterocycles. The molecule has 0 aliphatic carbocycles. The van der Waals surface area contributed by atoms with Crippen molar-refractivity contribution in [1.29, 1.82) is 0 Å². The Morgan fingerprint density at radius 2 is 1.74 bits per heavy atom. The quantitative estimate of drug-likeness (QED) is 0.812. The normalized spacial score (nSPS) is 35.9. The lowest BCUT2D eigenvalue weighted by Crippen LogP contribution is -2.38. The van der Waals surface area contributed by atoms with Crippen LogP contribution in [0, 0.1) is 17.7 Å². The maximum absolute atomic E-state index is 14.2. The lowest BCUT2D eigenvalue weighted by Gasteiger charge is -2.29. The molecule has 4 aliphatic rings. The summed E-state index contributed by atoms with van der Waals surface area (Å²) in [6, 6.07) is 0. The molecular weight excluding hydrogens is 299 g/mol. The number of anilines is 2. The number of fused-ring (bicyclic) bond motifs is 5. The Balaban J connectivity index is 1.39. The van der Waals surface area contributed by atoms with Gasteiger partial charge in [-0.25, -0.2) is 9.37 Å². The van der Waals surface area contributed by atoms with E-state index in [1.807, 2.05) is 4.90 Å². The van der Waals surface area contributed by atoms with Crippen LogP contribution >= 0.6 is 0 Å². The second-order valence-corrected chi connectivity index (χ2v) is 6.96. The van der Waals surface area contributed by atoms with Gasteiger partial charge < -0.3 is 19.3 Å². The van der Waals surface area contributed by atoms with E-state index in [0.717, 1.165) is 13.1 Å². The van der Waals surface area contributed by atoms with Gasteiger partial charge in [0.25, 0.3) is 0 Å². The molecule has 5 rings (SSSR count). The highest BCUT2D eigenvalue weighted by atomic mass is 19.1. The molecule has 0 saturated carbocycles. The second kappa shape index (κ2) is 5.27. The van der Waals surface area contributed by atoms with E-state index in [4.69, 9.17) is 9.47 Å². The third kappa shape index (κ3) is 2.21. The summed E-state index contributed by atoms with van der Waals surface area (Å²) in [5.41, 5.74) is 0. The number of hydrogen-bond acceptors (Lipinski definition) is 6. The fourth-order valence-corrected chi connectivity index (χ4v) is 4.62. The van der Waals surface area contributed by atoms with Crippen molar-refractivity contribution in [3.05, 3.63) is 12.0 Å². The van der Waals surface area contributed by atoms with Crippen molar-refractivity contribution in [2.24, 2.45) is 11.8 Å². The van der Waals surface area contributed by atoms with Crippen molar-refractivity contribution in [1.82, 2.24) is 9.97 Å². The Bertz CT molecular complexity index is 592. The summed E-state index contributed by atoms with van der Waals surface area (Å²) in [5.74, 6) is 1.90. The van der Waals surface area contributed by atoms with Gasteiger partial charge in [0.15, 0.2) is 11.6 Å². The fourth-order valence-electron chi connectivity index (χ4n) is 4.62. The number of hydrogen-bond donors (Lipinski definition) is 0. The smallest absolute Gasteiger partial charge is 0.227 e. The number of halogens is 1. The second-order valence-electron chi connectivity index (χ2n) is 6.96. The molecule has 0 unspecified atom stereocenters. The first-order valence-corrected chi connectivity index (χ1v) is 8.55. The molecule has 0 N–H and O–H groups in total. The molecule has 1 aromatic heterocycles. The maximum atomic E-state index is 14.2. The molecule has 4 atom stereocenters. The number of aromatic nitrogens is 2. The van der Waals surface area contributed by atoms with Gasteiger partial charge in [-0.05, 0) is 12.8 Å². The highest BCUT2D eigenvalue weighted by Gasteiger charge is 2.53. The van der Waals surface area contributed by atoms with Crippen LogP contribution in [-0.2, 0) is 9.47 Å². The third-order valence-corrected chi connectivity index (χ3v) is 5.76. The lowest BCUT2D eigenvalue weighted by molar-refractivity contribution is 0.0849. The molecule has 5 heterocycles. The van der Waals surface area contributed by atoms with Crippen LogP contribution in [0.25, 0.3) is 0 Å². The van der Waals surface area contributed by atoms with Gasteiger partial charge in [0.1, 0.15) is 0 Å². The van der Waals surface area contributed by atoms with Crippen LogP contribution in [0.5, 0.6) is 0 Å². The standard InChI is InChI=1S/C16H21FN4O2/c17-12-7-18-16(19-15(12)20-3-5-22-6-4-20)21-8-10-11(9-21)14-2-1-13(10)23-14/h7,10-11,13-14H,1-6,8-9H2/t10-,11+,13+,14-. The van der Waals surface area contributed by atoms with Gasteiger partial charge in [0, 0.05) is 38.0 Å². The van der Waals surface area contributed by atoms with E-state index in [-0.39, 0.29) is 5.82 Å². The molecule has 1 aromatic rings. The Morgan fingerprint density at radius 3 is 2.43 bits per heavy atom. The van der Waals surface area contributed by atoms with Crippen molar-refractivity contribution >= 4 is 11.8 Å². The average Bonchev–Trinajstić information content (AvgIpc) is 3.29. The largest absolute Gasteiger partial charge is 0.378 e. The Kier molecular flexibility index (Phi) is 3.19. The molecule has 4 aliphatic heterocycles. The van der Waals surface area contributed by atoms with Crippen LogP contribution < -0.4 is 9.80 Å². The van der Waals surface area contributed by atoms with Crippen LogP contribution in [0.15, 0.2) is 6.20 Å². The predicted molar refractivity (Wildman–Crippen MR) is 82.1 cm³/mol. The molecule has 0 spiro atoms. The van der Waals surface area contributed by atoms with Gasteiger partial charge in [-0.15, -0.1) is 0 Å². The maximum Gasteiger partial charge on any atom is 0.227 e. The number of ether oxygens (including phenoxy) is 2. The first-order chi connectivity index (χ1) is 11.3. The molecule has 23 heavy (non-hydrogen) atoms. The van der Waals surface area contributed by atoms with Gasteiger partial charge in [0.2, 0.25) is 5.95 Å². The van der Waals surface area contributed by atoms with Crippen LogP contribution in [-0.4, -0.2) is 61.6 Å². The van der Waals surface area contributed by atoms with Gasteiger partial charge in [-0.2, -0.15) is 4.98 Å². The summed E-state index contributed by atoms with van der Waals surface area (Å²) in [7, 11) is 0. The van der Waals surface area contributed by atoms with E-state index < -0.39 is 0 Å². The summed E-state index contributed by atoms with van der Waals surface area (Å²) in [6.45, 7) is 4.45. The summed E-state index contributed by atoms with van der Waals surface area (Å²) < 4.78 is 25.5. The molecule has 0 aromatic carbocycles. The van der Waals surface area contributed by atoms with Crippen molar-refractivity contribution in [3.63, 3.8) is 0 Å². The minimum absolute atomic E-state index is 0.349. The van der Waals surface area contributed by atoms with Gasteiger partial charge >= 0.3 is 0 Å². The summed E-state index contributed by atoms with van der Waals surface area (Å²) >= 11 is 0. The van der Waals surface area contributed by atoms with Crippen LogP contribution in [0.3, 0.4) is 0 Å². The number of rotatable bonds is 2. The molecule has 2 bridgehead atoms. The Labute approximate surface area is 134 Å². The van der Waals surface area contributed by atoms with Crippen LogP contribution in [0.1, 0.15) is 12.8 Å². The molecule has 124 valence electrons. The average molecular weight is 320 g/mol. The molecular formula is C16H21FN4O2. The zero-order chi connectivity index (χ0) is 15.4. The van der Waals surface area contributed by atoms with E-state index >= 15 is 0 Å². The minimum Gasteiger partial charge on any atom is -0.378 e. The van der Waals surface area contributed by atoms with E-state index in [2.05, 4.69) is 14.9 Å². The fraction of sp³-hybridized carbons (Fsp3) is 0.750. The van der Waals surface area contributed by atoms with E-state index in [1.165, 1.54) is 19.0 Å². The molecule has 6 nitrogen and oxygen atoms in total. The van der Waals surface area contributed by atoms with Crippen LogP contribution in [0.4, 0.5) is 16.2 Å². The molecule has 4 fully saturated rings. The van der Waals surface area contributed by atoms with E-state index in [1.54, 1.807) is 0 Å². The Hall–Kier alpha value is -1.47. The number of nitrogens with zero attached hydrogens (tertiary/aromatic N) is 4. The van der Waals surface area contributed by atoms with Gasteiger partial charge in [-0.3, -0.25) is 0 Å². The first-order valence-electron chi connectivity index (χ1n) is 8.55. The van der Waals surface area contributed by atoms with Gasteiger partial charge in [-0.1, -0.05) is 0 Å². The lowest BCUT2D eigenvalue weighted by atomic mass is 9.82. The van der Waals surface area contributed by atoms with Crippen LogP contribution in [0.2, 0.25) is 0 Å². The summed E-state index contributed by atoms with van der Waals surface area (Å²) in [5, 5.41) is 0. The van der Waals surface area contributed by atoms with Crippen molar-refractivity contribution in [2.75, 3.05) is 49.2 Å². The predicted octanol–water partition coefficient (Wildman–Crippen LogP) is 1.07. The van der Waals surface area contributed by atoms with Crippen molar-refractivity contribution in [2.45, 2.75) is 25.0 Å². The van der Waals surface area contributed by atoms with E-state index in [0.29, 0.717) is 62.1 Å². The molecule has 7 heteroatoms. The molecule has 0 radical (unpaired) electrons. The first kappa shape index (κ1) is 13.9. The van der Waals surface area contributed by atoms with Gasteiger partial charge in [0.05, 0.1) is 31.6 Å². The topological polar surface area (TPSA) is 50.7 Å². The zero-order valence-electron chi connectivity index (χ0n) is 13.0. The highest BCUT2D eigenvalue weighted by molar-refractivity contribution is 5.46. The Morgan fingerprint density at radius 1 is 1.04 bits per heavy atom. The monoisotopic (exact) mass is 320 g/mol.